The second kappa shape index (κ2) is 8.19. The minimum atomic E-state index is -4.84. The van der Waals surface area contributed by atoms with Gasteiger partial charge in [-0.1, -0.05) is 17.7 Å². The van der Waals surface area contributed by atoms with Crippen LogP contribution in [0.2, 0.25) is 5.02 Å². The van der Waals surface area contributed by atoms with Crippen molar-refractivity contribution in [1.82, 2.24) is 15.1 Å². The number of rotatable bonds is 4. The van der Waals surface area contributed by atoms with Crippen molar-refractivity contribution in [2.75, 3.05) is 12.4 Å². The largest absolute Gasteiger partial charge is 0.434 e. The molecule has 2 aromatic carbocycles. The minimum absolute atomic E-state index is 0.0694. The van der Waals surface area contributed by atoms with Crippen LogP contribution in [0, 0.1) is 6.92 Å². The van der Waals surface area contributed by atoms with Crippen molar-refractivity contribution in [3.8, 4) is 5.69 Å². The van der Waals surface area contributed by atoms with Gasteiger partial charge in [-0.15, -0.1) is 0 Å². The molecule has 0 radical (unpaired) electrons. The van der Waals surface area contributed by atoms with Gasteiger partial charge in [-0.05, 0) is 48.9 Å². The molecule has 3 aromatic rings. The molecular formula is C20H16ClF3N4O2. The first-order chi connectivity index (χ1) is 14.1. The van der Waals surface area contributed by atoms with Crippen LogP contribution in [0.3, 0.4) is 0 Å². The summed E-state index contributed by atoms with van der Waals surface area (Å²) in [5.74, 6) is -1.30. The van der Waals surface area contributed by atoms with Crippen molar-refractivity contribution in [2.24, 2.45) is 0 Å². The maximum atomic E-state index is 13.8. The van der Waals surface area contributed by atoms with Gasteiger partial charge in [-0.2, -0.15) is 18.3 Å². The van der Waals surface area contributed by atoms with E-state index in [9.17, 15) is 22.8 Å². The van der Waals surface area contributed by atoms with Gasteiger partial charge in [0, 0.05) is 23.3 Å². The van der Waals surface area contributed by atoms with Gasteiger partial charge in [-0.3, -0.25) is 9.59 Å². The summed E-state index contributed by atoms with van der Waals surface area (Å²) < 4.78 is 41.9. The van der Waals surface area contributed by atoms with E-state index in [4.69, 9.17) is 11.6 Å². The molecule has 0 aliphatic heterocycles. The number of hydrogen-bond acceptors (Lipinski definition) is 3. The molecule has 2 amide bonds. The number of amides is 2. The SMILES string of the molecule is CNC(=O)c1ccc(NC(=O)c2cnn(-c3cccc(Cl)c3)c2C(F)(F)F)c(C)c1. The van der Waals surface area contributed by atoms with Crippen LogP contribution in [-0.2, 0) is 6.18 Å². The maximum absolute atomic E-state index is 13.8. The van der Waals surface area contributed by atoms with Crippen LogP contribution in [0.1, 0.15) is 32.0 Å². The first kappa shape index (κ1) is 21.4. The number of nitrogens with zero attached hydrogens (tertiary/aromatic N) is 2. The van der Waals surface area contributed by atoms with E-state index in [2.05, 4.69) is 15.7 Å². The molecule has 0 saturated heterocycles. The molecule has 0 fully saturated rings. The Labute approximate surface area is 174 Å². The summed E-state index contributed by atoms with van der Waals surface area (Å²) in [5, 5.41) is 8.90. The van der Waals surface area contributed by atoms with E-state index in [0.29, 0.717) is 15.8 Å². The summed E-state index contributed by atoms with van der Waals surface area (Å²) in [7, 11) is 1.48. The highest BCUT2D eigenvalue weighted by Crippen LogP contribution is 2.34. The molecule has 0 bridgehead atoms. The molecule has 30 heavy (non-hydrogen) atoms. The number of hydrogen-bond donors (Lipinski definition) is 2. The second-order valence-corrected chi connectivity index (χ2v) is 6.80. The molecule has 0 saturated carbocycles. The van der Waals surface area contributed by atoms with E-state index in [1.807, 2.05) is 0 Å². The minimum Gasteiger partial charge on any atom is -0.355 e. The van der Waals surface area contributed by atoms with Gasteiger partial charge < -0.3 is 10.6 Å². The summed E-state index contributed by atoms with van der Waals surface area (Å²) >= 11 is 5.87. The molecule has 6 nitrogen and oxygen atoms in total. The molecule has 156 valence electrons. The molecule has 0 atom stereocenters. The number of aromatic nitrogens is 2. The third kappa shape index (κ3) is 4.30. The highest BCUT2D eigenvalue weighted by Gasteiger charge is 2.40. The highest BCUT2D eigenvalue weighted by molar-refractivity contribution is 6.30. The predicted octanol–water partition coefficient (Wildman–Crippen LogP) is 4.46. The van der Waals surface area contributed by atoms with E-state index in [1.54, 1.807) is 6.92 Å². The van der Waals surface area contributed by atoms with Crippen LogP contribution in [0.25, 0.3) is 5.69 Å². The van der Waals surface area contributed by atoms with Gasteiger partial charge in [0.2, 0.25) is 0 Å². The number of anilines is 1. The van der Waals surface area contributed by atoms with Crippen molar-refractivity contribution in [2.45, 2.75) is 13.1 Å². The molecule has 3 rings (SSSR count). The van der Waals surface area contributed by atoms with Crippen LogP contribution < -0.4 is 10.6 Å². The molecule has 2 N–H and O–H groups in total. The van der Waals surface area contributed by atoms with Crippen LogP contribution in [0.15, 0.2) is 48.7 Å². The number of benzene rings is 2. The van der Waals surface area contributed by atoms with Gasteiger partial charge in [-0.25, -0.2) is 4.68 Å². The fourth-order valence-electron chi connectivity index (χ4n) is 2.87. The normalized spacial score (nSPS) is 11.3. The monoisotopic (exact) mass is 436 g/mol. The predicted molar refractivity (Wildman–Crippen MR) is 106 cm³/mol. The van der Waals surface area contributed by atoms with Crippen molar-refractivity contribution < 1.29 is 22.8 Å². The highest BCUT2D eigenvalue weighted by atomic mass is 35.5. The number of alkyl halides is 3. The fraction of sp³-hybridized carbons (Fsp3) is 0.150. The third-order valence-electron chi connectivity index (χ3n) is 4.30. The Balaban J connectivity index is 1.98. The first-order valence-corrected chi connectivity index (χ1v) is 9.05. The zero-order chi connectivity index (χ0) is 22.1. The van der Waals surface area contributed by atoms with Crippen molar-refractivity contribution in [1.29, 1.82) is 0 Å². The number of carbonyl (C=O) groups excluding carboxylic acids is 2. The fourth-order valence-corrected chi connectivity index (χ4v) is 3.05. The van der Waals surface area contributed by atoms with E-state index in [0.717, 1.165) is 6.20 Å². The van der Waals surface area contributed by atoms with E-state index < -0.39 is 23.3 Å². The van der Waals surface area contributed by atoms with Gasteiger partial charge >= 0.3 is 6.18 Å². The smallest absolute Gasteiger partial charge is 0.355 e. The summed E-state index contributed by atoms with van der Waals surface area (Å²) in [6, 6.07) is 10.1. The Hall–Kier alpha value is -3.33. The van der Waals surface area contributed by atoms with Crippen molar-refractivity contribution in [3.05, 3.63) is 76.1 Å². The summed E-state index contributed by atoms with van der Waals surface area (Å²) in [5.41, 5.74) is -0.645. The van der Waals surface area contributed by atoms with Crippen LogP contribution in [0.4, 0.5) is 18.9 Å². The Bertz CT molecular complexity index is 1130. The first-order valence-electron chi connectivity index (χ1n) is 8.67. The Kier molecular flexibility index (Phi) is 5.84. The van der Waals surface area contributed by atoms with Crippen molar-refractivity contribution >= 4 is 29.1 Å². The average Bonchev–Trinajstić information content (AvgIpc) is 3.15. The van der Waals surface area contributed by atoms with Gasteiger partial charge in [0.05, 0.1) is 17.4 Å². The Morgan fingerprint density at radius 2 is 1.83 bits per heavy atom. The lowest BCUT2D eigenvalue weighted by atomic mass is 10.1. The number of halogens is 4. The molecule has 0 aliphatic rings. The second-order valence-electron chi connectivity index (χ2n) is 6.36. The van der Waals surface area contributed by atoms with E-state index in [-0.39, 0.29) is 22.3 Å². The molecule has 1 aromatic heterocycles. The molecule has 0 aliphatic carbocycles. The lowest BCUT2D eigenvalue weighted by Gasteiger charge is -2.14. The number of nitrogens with one attached hydrogen (secondary N) is 2. The summed E-state index contributed by atoms with van der Waals surface area (Å²) in [4.78, 5) is 24.3. The maximum Gasteiger partial charge on any atom is 0.434 e. The third-order valence-corrected chi connectivity index (χ3v) is 4.53. The molecular weight excluding hydrogens is 421 g/mol. The Morgan fingerprint density at radius 3 is 2.43 bits per heavy atom. The molecule has 0 spiro atoms. The lowest BCUT2D eigenvalue weighted by molar-refractivity contribution is -0.143. The zero-order valence-corrected chi connectivity index (χ0v) is 16.6. The van der Waals surface area contributed by atoms with Gasteiger partial charge in [0.1, 0.15) is 0 Å². The quantitative estimate of drug-likeness (QED) is 0.633. The standard InChI is InChI=1S/C20H16ClF3N4O2/c1-11-8-12(18(29)25-2)6-7-16(11)27-19(30)15-10-26-28(17(15)20(22,23)24)14-5-3-4-13(21)9-14/h3-10H,1-2H3,(H,25,29)(H,27,30). The van der Waals surface area contributed by atoms with E-state index >= 15 is 0 Å². The van der Waals surface area contributed by atoms with E-state index in [1.165, 1.54) is 49.5 Å². The summed E-state index contributed by atoms with van der Waals surface area (Å²) in [6.07, 6.45) is -3.99. The topological polar surface area (TPSA) is 76.0 Å². The Morgan fingerprint density at radius 1 is 1.10 bits per heavy atom. The molecule has 0 unspecified atom stereocenters. The average molecular weight is 437 g/mol. The zero-order valence-electron chi connectivity index (χ0n) is 15.8. The van der Waals surface area contributed by atoms with Crippen molar-refractivity contribution in [3.63, 3.8) is 0 Å². The lowest BCUT2D eigenvalue weighted by Crippen LogP contribution is -2.21. The molecule has 10 heteroatoms. The van der Waals surface area contributed by atoms with Crippen LogP contribution >= 0.6 is 11.6 Å². The number of aryl methyl sites for hydroxylation is 1. The number of carbonyl (C=O) groups is 2. The van der Waals surface area contributed by atoms with Crippen LogP contribution in [0.5, 0.6) is 0 Å². The summed E-state index contributed by atoms with van der Waals surface area (Å²) in [6.45, 7) is 1.63. The van der Waals surface area contributed by atoms with Gasteiger partial charge in [0.25, 0.3) is 11.8 Å². The van der Waals surface area contributed by atoms with Crippen LogP contribution in [-0.4, -0.2) is 28.6 Å². The van der Waals surface area contributed by atoms with Gasteiger partial charge in [0.15, 0.2) is 5.69 Å². The molecule has 1 heterocycles.